The van der Waals surface area contributed by atoms with E-state index in [1.807, 2.05) is 6.92 Å². The standard InChI is InChI=1S/C7H16O2.H3N/c1-4-5-9-7(2)6-8-3;/h7H,4-6H2,1-3H3;1H3. The Bertz CT molecular complexity index is 59.6. The molecule has 0 radical (unpaired) electrons. The SMILES string of the molecule is CCCOC(C)COC.N. The van der Waals surface area contributed by atoms with Gasteiger partial charge in [-0.15, -0.1) is 0 Å². The van der Waals surface area contributed by atoms with Gasteiger partial charge in [0.15, 0.2) is 0 Å². The van der Waals surface area contributed by atoms with E-state index in [2.05, 4.69) is 6.92 Å². The maximum absolute atomic E-state index is 5.31. The first-order valence-electron chi connectivity index (χ1n) is 3.41. The Morgan fingerprint density at radius 1 is 1.40 bits per heavy atom. The predicted octanol–water partition coefficient (Wildman–Crippen LogP) is 1.61. The van der Waals surface area contributed by atoms with Crippen molar-refractivity contribution in [2.24, 2.45) is 0 Å². The van der Waals surface area contributed by atoms with E-state index in [0.717, 1.165) is 13.0 Å². The zero-order valence-electron chi connectivity index (χ0n) is 7.22. The van der Waals surface area contributed by atoms with Gasteiger partial charge in [0.1, 0.15) is 0 Å². The van der Waals surface area contributed by atoms with Crippen molar-refractivity contribution in [2.45, 2.75) is 26.4 Å². The molecule has 1 atom stereocenters. The topological polar surface area (TPSA) is 53.5 Å². The highest BCUT2D eigenvalue weighted by Gasteiger charge is 1.97. The molecule has 3 heteroatoms. The third-order valence-electron chi connectivity index (χ3n) is 1.01. The van der Waals surface area contributed by atoms with Gasteiger partial charge in [-0.2, -0.15) is 0 Å². The summed E-state index contributed by atoms with van der Waals surface area (Å²) in [5.41, 5.74) is 0. The van der Waals surface area contributed by atoms with Crippen LogP contribution < -0.4 is 6.15 Å². The van der Waals surface area contributed by atoms with Gasteiger partial charge in [-0.3, -0.25) is 0 Å². The summed E-state index contributed by atoms with van der Waals surface area (Å²) in [6.45, 7) is 5.64. The minimum absolute atomic E-state index is 0. The molecule has 0 aliphatic rings. The van der Waals surface area contributed by atoms with Crippen molar-refractivity contribution in [1.29, 1.82) is 0 Å². The van der Waals surface area contributed by atoms with Crippen LogP contribution in [-0.4, -0.2) is 26.4 Å². The Balaban J connectivity index is 0. The van der Waals surface area contributed by atoms with Crippen molar-refractivity contribution in [3.63, 3.8) is 0 Å². The Kier molecular flexibility index (Phi) is 11.1. The van der Waals surface area contributed by atoms with Crippen molar-refractivity contribution in [3.8, 4) is 0 Å². The first-order chi connectivity index (χ1) is 4.31. The van der Waals surface area contributed by atoms with Gasteiger partial charge >= 0.3 is 0 Å². The second kappa shape index (κ2) is 8.88. The summed E-state index contributed by atoms with van der Waals surface area (Å²) in [7, 11) is 1.69. The molecule has 0 aromatic carbocycles. The molecule has 0 aliphatic carbocycles. The van der Waals surface area contributed by atoms with Crippen LogP contribution in [0.5, 0.6) is 0 Å². The van der Waals surface area contributed by atoms with E-state index in [4.69, 9.17) is 9.47 Å². The maximum atomic E-state index is 5.31. The molecule has 0 spiro atoms. The maximum Gasteiger partial charge on any atom is 0.0780 e. The summed E-state index contributed by atoms with van der Waals surface area (Å²) in [5, 5.41) is 0. The van der Waals surface area contributed by atoms with Gasteiger partial charge in [0, 0.05) is 13.7 Å². The summed E-state index contributed by atoms with van der Waals surface area (Å²) in [6, 6.07) is 0. The van der Waals surface area contributed by atoms with E-state index in [0.29, 0.717) is 6.61 Å². The predicted molar refractivity (Wildman–Crippen MR) is 42.6 cm³/mol. The lowest BCUT2D eigenvalue weighted by Crippen LogP contribution is -2.14. The van der Waals surface area contributed by atoms with E-state index >= 15 is 0 Å². The van der Waals surface area contributed by atoms with Gasteiger partial charge in [-0.25, -0.2) is 0 Å². The third kappa shape index (κ3) is 7.88. The largest absolute Gasteiger partial charge is 0.382 e. The van der Waals surface area contributed by atoms with Gasteiger partial charge in [0.05, 0.1) is 12.7 Å². The van der Waals surface area contributed by atoms with Crippen LogP contribution in [0.4, 0.5) is 0 Å². The van der Waals surface area contributed by atoms with Crippen LogP contribution in [0.2, 0.25) is 0 Å². The second-order valence-electron chi connectivity index (χ2n) is 2.14. The van der Waals surface area contributed by atoms with Crippen LogP contribution in [0, 0.1) is 0 Å². The molecule has 0 rings (SSSR count). The highest BCUT2D eigenvalue weighted by molar-refractivity contribution is 4.44. The molecule has 0 aromatic heterocycles. The molecule has 0 aromatic rings. The third-order valence-corrected chi connectivity index (χ3v) is 1.01. The average molecular weight is 149 g/mol. The van der Waals surface area contributed by atoms with Crippen molar-refractivity contribution in [1.82, 2.24) is 6.15 Å². The van der Waals surface area contributed by atoms with Gasteiger partial charge in [-0.1, -0.05) is 6.92 Å². The molecule has 0 amide bonds. The number of rotatable bonds is 5. The van der Waals surface area contributed by atoms with Crippen LogP contribution in [-0.2, 0) is 9.47 Å². The minimum Gasteiger partial charge on any atom is -0.382 e. The van der Waals surface area contributed by atoms with Crippen LogP contribution in [0.15, 0.2) is 0 Å². The highest BCUT2D eigenvalue weighted by atomic mass is 16.5. The molecular weight excluding hydrogens is 130 g/mol. The fourth-order valence-electron chi connectivity index (χ4n) is 0.602. The molecule has 3 nitrogen and oxygen atoms in total. The summed E-state index contributed by atoms with van der Waals surface area (Å²) in [6.07, 6.45) is 1.32. The number of ether oxygens (including phenoxy) is 2. The van der Waals surface area contributed by atoms with E-state index in [1.54, 1.807) is 7.11 Å². The van der Waals surface area contributed by atoms with E-state index in [-0.39, 0.29) is 12.3 Å². The summed E-state index contributed by atoms with van der Waals surface area (Å²) in [4.78, 5) is 0. The van der Waals surface area contributed by atoms with Gasteiger partial charge < -0.3 is 15.6 Å². The smallest absolute Gasteiger partial charge is 0.0780 e. The summed E-state index contributed by atoms with van der Waals surface area (Å²) < 4.78 is 10.2. The van der Waals surface area contributed by atoms with Crippen LogP contribution in [0.25, 0.3) is 0 Å². The first kappa shape index (κ1) is 12.5. The lowest BCUT2D eigenvalue weighted by molar-refractivity contribution is 0.00956. The lowest BCUT2D eigenvalue weighted by atomic mass is 10.4. The zero-order valence-corrected chi connectivity index (χ0v) is 7.22. The molecule has 10 heavy (non-hydrogen) atoms. The number of hydrogen-bond donors (Lipinski definition) is 1. The number of methoxy groups -OCH3 is 1. The van der Waals surface area contributed by atoms with Crippen LogP contribution in [0.3, 0.4) is 0 Å². The first-order valence-corrected chi connectivity index (χ1v) is 3.41. The molecule has 0 saturated heterocycles. The summed E-state index contributed by atoms with van der Waals surface area (Å²) in [5.74, 6) is 0. The van der Waals surface area contributed by atoms with Gasteiger partial charge in [0.2, 0.25) is 0 Å². The van der Waals surface area contributed by atoms with E-state index < -0.39 is 0 Å². The minimum atomic E-state index is 0. The number of hydrogen-bond acceptors (Lipinski definition) is 3. The molecule has 0 aliphatic heterocycles. The fourth-order valence-corrected chi connectivity index (χ4v) is 0.602. The molecular formula is C7H19NO2. The van der Waals surface area contributed by atoms with Gasteiger partial charge in [-0.05, 0) is 13.3 Å². The Labute approximate surface area is 63.3 Å². The highest BCUT2D eigenvalue weighted by Crippen LogP contribution is 1.91. The Hall–Kier alpha value is -0.120. The van der Waals surface area contributed by atoms with Crippen molar-refractivity contribution >= 4 is 0 Å². The second-order valence-corrected chi connectivity index (χ2v) is 2.14. The Morgan fingerprint density at radius 2 is 2.00 bits per heavy atom. The molecule has 0 fully saturated rings. The zero-order chi connectivity index (χ0) is 7.11. The van der Waals surface area contributed by atoms with Gasteiger partial charge in [0.25, 0.3) is 0 Å². The molecule has 1 unspecified atom stereocenters. The quantitative estimate of drug-likeness (QED) is 0.646. The summed E-state index contributed by atoms with van der Waals surface area (Å²) >= 11 is 0. The van der Waals surface area contributed by atoms with E-state index in [1.165, 1.54) is 0 Å². The fraction of sp³-hybridized carbons (Fsp3) is 1.00. The van der Waals surface area contributed by atoms with Crippen molar-refractivity contribution in [3.05, 3.63) is 0 Å². The normalized spacial score (nSPS) is 12.3. The molecule has 0 bridgehead atoms. The Morgan fingerprint density at radius 3 is 2.40 bits per heavy atom. The van der Waals surface area contributed by atoms with Crippen molar-refractivity contribution in [2.75, 3.05) is 20.3 Å². The average Bonchev–Trinajstić information content (AvgIpc) is 1.85. The molecule has 64 valence electrons. The molecule has 0 saturated carbocycles. The van der Waals surface area contributed by atoms with Crippen LogP contribution >= 0.6 is 0 Å². The monoisotopic (exact) mass is 149 g/mol. The molecule has 0 heterocycles. The lowest BCUT2D eigenvalue weighted by Gasteiger charge is -2.09. The molecule has 3 N–H and O–H groups in total. The van der Waals surface area contributed by atoms with Crippen LogP contribution in [0.1, 0.15) is 20.3 Å². The van der Waals surface area contributed by atoms with Crippen molar-refractivity contribution < 1.29 is 9.47 Å². The van der Waals surface area contributed by atoms with E-state index in [9.17, 15) is 0 Å².